The lowest BCUT2D eigenvalue weighted by Gasteiger charge is -1.98. The summed E-state index contributed by atoms with van der Waals surface area (Å²) < 4.78 is 0.565. The topological polar surface area (TPSA) is 24.7 Å². The van der Waals surface area contributed by atoms with Crippen LogP contribution in [0.3, 0.4) is 0 Å². The Balaban J connectivity index is 2.49. The molecule has 0 bridgehead atoms. The molecule has 0 amide bonds. The molecule has 0 saturated heterocycles. The van der Waals surface area contributed by atoms with E-state index >= 15 is 0 Å². The minimum Gasteiger partial charge on any atom is -0.164 e. The average molecular weight is 208 g/mol. The van der Waals surface area contributed by atoms with Crippen LogP contribution < -0.4 is 0 Å². The van der Waals surface area contributed by atoms with Gasteiger partial charge in [0, 0.05) is 18.9 Å². The molecule has 0 N–H and O–H groups in total. The van der Waals surface area contributed by atoms with Gasteiger partial charge in [0.2, 0.25) is 0 Å². The van der Waals surface area contributed by atoms with E-state index in [0.29, 0.717) is 3.92 Å². The molecule has 2 nitrogen and oxygen atoms in total. The Morgan fingerprint density at radius 1 is 1.57 bits per heavy atom. The molecule has 0 radical (unpaired) electrons. The van der Waals surface area contributed by atoms with Gasteiger partial charge in [0.05, 0.1) is 3.92 Å². The van der Waals surface area contributed by atoms with E-state index in [1.807, 2.05) is 12.4 Å². The Morgan fingerprint density at radius 3 is 2.71 bits per heavy atom. The van der Waals surface area contributed by atoms with Crippen LogP contribution in [0.1, 0.15) is 6.42 Å². The molecule has 1 heterocycles. The van der Waals surface area contributed by atoms with Crippen molar-refractivity contribution in [3.05, 3.63) is 0 Å². The lowest BCUT2D eigenvalue weighted by molar-refractivity contribution is 1.13. The van der Waals surface area contributed by atoms with Gasteiger partial charge in [-0.25, -0.2) is 0 Å². The maximum atomic E-state index is 3.70. The summed E-state index contributed by atoms with van der Waals surface area (Å²) in [6.07, 6.45) is 4.71. The predicted octanol–water partition coefficient (Wildman–Crippen LogP) is 1.25. The van der Waals surface area contributed by atoms with Crippen molar-refractivity contribution in [3.8, 4) is 0 Å². The van der Waals surface area contributed by atoms with Gasteiger partial charge in [-0.05, 0) is 0 Å². The van der Waals surface area contributed by atoms with Gasteiger partial charge in [0.25, 0.3) is 0 Å². The summed E-state index contributed by atoms with van der Waals surface area (Å²) in [5, 5.41) is 7.36. The van der Waals surface area contributed by atoms with Gasteiger partial charge < -0.3 is 0 Å². The largest absolute Gasteiger partial charge is 0.164 e. The average Bonchev–Trinajstić information content (AvgIpc) is 1.69. The monoisotopic (exact) mass is 208 g/mol. The maximum absolute atomic E-state index is 3.70. The van der Waals surface area contributed by atoms with Crippen LogP contribution in [-0.4, -0.2) is 16.4 Å². The van der Waals surface area contributed by atoms with Crippen LogP contribution in [0.15, 0.2) is 10.2 Å². The molecule has 0 spiro atoms. The summed E-state index contributed by atoms with van der Waals surface area (Å²) in [6.45, 7) is 0. The van der Waals surface area contributed by atoms with Crippen LogP contribution in [-0.2, 0) is 0 Å². The van der Waals surface area contributed by atoms with Crippen molar-refractivity contribution in [2.24, 2.45) is 10.2 Å². The Bertz CT molecular complexity index is 108. The van der Waals surface area contributed by atoms with Crippen molar-refractivity contribution >= 4 is 35.0 Å². The van der Waals surface area contributed by atoms with Crippen molar-refractivity contribution in [1.29, 1.82) is 0 Å². The summed E-state index contributed by atoms with van der Waals surface area (Å²) >= 11 is 2.32. The minimum atomic E-state index is 0.565. The number of nitrogens with zero attached hydrogens (tertiary/aromatic N) is 2. The standard InChI is InChI=1S/C4H5IN2/c5-4-1-2-6-7-3-4/h2-4H,1H2. The van der Waals surface area contributed by atoms with Crippen LogP contribution in [0.25, 0.3) is 0 Å². The summed E-state index contributed by atoms with van der Waals surface area (Å²) in [4.78, 5) is 0. The van der Waals surface area contributed by atoms with Gasteiger partial charge in [-0.2, -0.15) is 10.2 Å². The molecule has 3 heteroatoms. The zero-order chi connectivity index (χ0) is 5.11. The van der Waals surface area contributed by atoms with Crippen molar-refractivity contribution in [2.75, 3.05) is 0 Å². The smallest absolute Gasteiger partial charge is 0.0531 e. The highest BCUT2D eigenvalue weighted by Crippen LogP contribution is 2.03. The van der Waals surface area contributed by atoms with E-state index in [4.69, 9.17) is 0 Å². The van der Waals surface area contributed by atoms with Gasteiger partial charge in [-0.3, -0.25) is 0 Å². The molecule has 0 aromatic rings. The first kappa shape index (κ1) is 5.21. The molecule has 38 valence electrons. The third-order valence-corrected chi connectivity index (χ3v) is 1.54. The first-order valence-corrected chi connectivity index (χ1v) is 3.33. The normalized spacial score (nSPS) is 28.4. The zero-order valence-corrected chi connectivity index (χ0v) is 5.87. The van der Waals surface area contributed by atoms with E-state index in [9.17, 15) is 0 Å². The quantitative estimate of drug-likeness (QED) is 0.422. The second-order valence-corrected chi connectivity index (χ2v) is 2.91. The SMILES string of the molecule is IC1C=NN=CC1. The fourth-order valence-electron chi connectivity index (χ4n) is 0.367. The molecule has 0 fully saturated rings. The van der Waals surface area contributed by atoms with E-state index in [2.05, 4.69) is 32.8 Å². The van der Waals surface area contributed by atoms with Gasteiger partial charge in [-0.1, -0.05) is 22.6 Å². The Labute approximate surface area is 55.9 Å². The van der Waals surface area contributed by atoms with Gasteiger partial charge in [0.15, 0.2) is 0 Å². The maximum Gasteiger partial charge on any atom is 0.0531 e. The van der Waals surface area contributed by atoms with E-state index in [1.54, 1.807) is 0 Å². The Kier molecular flexibility index (Phi) is 1.78. The van der Waals surface area contributed by atoms with Gasteiger partial charge in [-0.15, -0.1) is 0 Å². The highest BCUT2D eigenvalue weighted by Gasteiger charge is 1.98. The van der Waals surface area contributed by atoms with Gasteiger partial charge in [0.1, 0.15) is 0 Å². The van der Waals surface area contributed by atoms with Crippen LogP contribution in [0.5, 0.6) is 0 Å². The van der Waals surface area contributed by atoms with Crippen LogP contribution in [0.4, 0.5) is 0 Å². The zero-order valence-electron chi connectivity index (χ0n) is 3.71. The van der Waals surface area contributed by atoms with E-state index in [-0.39, 0.29) is 0 Å². The first-order valence-electron chi connectivity index (χ1n) is 2.08. The fourth-order valence-corrected chi connectivity index (χ4v) is 0.738. The summed E-state index contributed by atoms with van der Waals surface area (Å²) in [5.74, 6) is 0. The third-order valence-electron chi connectivity index (χ3n) is 0.707. The number of rotatable bonds is 0. The molecule has 1 atom stereocenters. The summed E-state index contributed by atoms with van der Waals surface area (Å²) in [5.41, 5.74) is 0. The number of alkyl halides is 1. The van der Waals surface area contributed by atoms with Crippen LogP contribution >= 0.6 is 22.6 Å². The van der Waals surface area contributed by atoms with Gasteiger partial charge >= 0.3 is 0 Å². The lowest BCUT2D eigenvalue weighted by Crippen LogP contribution is -2.01. The Morgan fingerprint density at radius 2 is 2.43 bits per heavy atom. The molecular weight excluding hydrogens is 203 g/mol. The fraction of sp³-hybridized carbons (Fsp3) is 0.500. The van der Waals surface area contributed by atoms with E-state index < -0.39 is 0 Å². The Hall–Kier alpha value is 0.0700. The summed E-state index contributed by atoms with van der Waals surface area (Å²) in [7, 11) is 0. The molecule has 0 aliphatic carbocycles. The first-order chi connectivity index (χ1) is 3.39. The molecule has 0 saturated carbocycles. The number of halogens is 1. The van der Waals surface area contributed by atoms with Crippen LogP contribution in [0, 0.1) is 0 Å². The minimum absolute atomic E-state index is 0.565. The highest BCUT2D eigenvalue weighted by molar-refractivity contribution is 14.1. The predicted molar refractivity (Wildman–Crippen MR) is 39.4 cm³/mol. The lowest BCUT2D eigenvalue weighted by atomic mass is 10.3. The number of hydrogen-bond donors (Lipinski definition) is 0. The number of hydrogen-bond acceptors (Lipinski definition) is 2. The van der Waals surface area contributed by atoms with Crippen molar-refractivity contribution in [1.82, 2.24) is 0 Å². The second kappa shape index (κ2) is 2.40. The molecule has 1 unspecified atom stereocenters. The molecular formula is C4H5IN2. The molecule has 1 rings (SSSR count). The van der Waals surface area contributed by atoms with Crippen molar-refractivity contribution in [3.63, 3.8) is 0 Å². The molecule has 0 aromatic heterocycles. The molecule has 0 aromatic carbocycles. The van der Waals surface area contributed by atoms with Crippen molar-refractivity contribution < 1.29 is 0 Å². The molecule has 7 heavy (non-hydrogen) atoms. The second-order valence-electron chi connectivity index (χ2n) is 1.31. The third kappa shape index (κ3) is 1.54. The van der Waals surface area contributed by atoms with E-state index in [1.165, 1.54) is 0 Å². The van der Waals surface area contributed by atoms with Crippen LogP contribution in [0.2, 0.25) is 0 Å². The summed E-state index contributed by atoms with van der Waals surface area (Å²) in [6, 6.07) is 0. The highest BCUT2D eigenvalue weighted by atomic mass is 127. The molecule has 1 aliphatic heterocycles. The molecule has 1 aliphatic rings. The van der Waals surface area contributed by atoms with E-state index in [0.717, 1.165) is 6.42 Å². The van der Waals surface area contributed by atoms with Crippen molar-refractivity contribution in [2.45, 2.75) is 10.3 Å².